The van der Waals surface area contributed by atoms with Gasteiger partial charge in [0.25, 0.3) is 0 Å². The van der Waals surface area contributed by atoms with E-state index >= 15 is 0 Å². The van der Waals surface area contributed by atoms with Crippen LogP contribution in [0.25, 0.3) is 11.0 Å². The van der Waals surface area contributed by atoms with E-state index in [1.807, 2.05) is 18.2 Å². The summed E-state index contributed by atoms with van der Waals surface area (Å²) in [6.07, 6.45) is 0. The van der Waals surface area contributed by atoms with Gasteiger partial charge in [0, 0.05) is 0 Å². The minimum atomic E-state index is 0.705. The summed E-state index contributed by atoms with van der Waals surface area (Å²) in [6, 6.07) is 5.73. The SMILES string of the molecule is Clc1cccc2[nH]c(C[As])nc12. The van der Waals surface area contributed by atoms with Crippen LogP contribution in [0.2, 0.25) is 5.02 Å². The molecule has 2 radical (unpaired) electrons. The van der Waals surface area contributed by atoms with Gasteiger partial charge in [0.05, 0.1) is 0 Å². The molecule has 0 fully saturated rings. The number of hydrogen-bond donors (Lipinski definition) is 1. The Morgan fingerprint density at radius 3 is 3.00 bits per heavy atom. The van der Waals surface area contributed by atoms with Crippen molar-refractivity contribution >= 4 is 39.5 Å². The molecule has 0 unspecified atom stereocenters. The number of rotatable bonds is 1. The van der Waals surface area contributed by atoms with Crippen molar-refractivity contribution in [3.63, 3.8) is 0 Å². The van der Waals surface area contributed by atoms with Crippen LogP contribution in [0.1, 0.15) is 5.82 Å². The van der Waals surface area contributed by atoms with E-state index in [-0.39, 0.29) is 0 Å². The first-order chi connectivity index (χ1) is 5.81. The van der Waals surface area contributed by atoms with Gasteiger partial charge in [0.15, 0.2) is 0 Å². The molecule has 0 aliphatic rings. The molecule has 0 bridgehead atoms. The number of aromatic nitrogens is 2. The number of fused-ring (bicyclic) bond motifs is 1. The van der Waals surface area contributed by atoms with Crippen molar-refractivity contribution in [2.24, 2.45) is 0 Å². The van der Waals surface area contributed by atoms with Gasteiger partial charge in [-0.05, 0) is 0 Å². The molecular formula is C8H6AsClN2. The molecule has 1 aromatic carbocycles. The van der Waals surface area contributed by atoms with E-state index in [1.165, 1.54) is 0 Å². The number of aromatic amines is 1. The van der Waals surface area contributed by atoms with Crippen LogP contribution >= 0.6 is 11.6 Å². The predicted octanol–water partition coefficient (Wildman–Crippen LogP) is 1.88. The number of para-hydroxylation sites is 1. The Morgan fingerprint density at radius 1 is 1.50 bits per heavy atom. The molecule has 0 saturated carbocycles. The van der Waals surface area contributed by atoms with E-state index in [0.29, 0.717) is 5.02 Å². The normalized spacial score (nSPS) is 10.8. The molecule has 1 aromatic heterocycles. The summed E-state index contributed by atoms with van der Waals surface area (Å²) < 4.78 is 0. The van der Waals surface area contributed by atoms with Crippen molar-refractivity contribution in [1.82, 2.24) is 9.97 Å². The Bertz CT molecular complexity index is 410. The molecule has 0 aliphatic carbocycles. The Kier molecular flexibility index (Phi) is 2.12. The average molecular weight is 241 g/mol. The van der Waals surface area contributed by atoms with E-state index < -0.39 is 0 Å². The van der Waals surface area contributed by atoms with Gasteiger partial charge < -0.3 is 0 Å². The zero-order valence-electron chi connectivity index (χ0n) is 6.21. The maximum absolute atomic E-state index is 5.94. The average Bonchev–Trinajstić information content (AvgIpc) is 2.49. The summed E-state index contributed by atoms with van der Waals surface area (Å²) >= 11 is 8.42. The van der Waals surface area contributed by atoms with Crippen LogP contribution in [-0.2, 0) is 5.21 Å². The van der Waals surface area contributed by atoms with Gasteiger partial charge in [0.1, 0.15) is 0 Å². The monoisotopic (exact) mass is 240 g/mol. The molecule has 0 aliphatic heterocycles. The van der Waals surface area contributed by atoms with Gasteiger partial charge in [-0.3, -0.25) is 0 Å². The van der Waals surface area contributed by atoms with Gasteiger partial charge in [-0.15, -0.1) is 0 Å². The summed E-state index contributed by atoms with van der Waals surface area (Å²) in [6.45, 7) is 0. The molecule has 4 heteroatoms. The second-order valence-electron chi connectivity index (χ2n) is 2.48. The van der Waals surface area contributed by atoms with E-state index in [4.69, 9.17) is 11.6 Å². The summed E-state index contributed by atoms with van der Waals surface area (Å²) in [4.78, 5) is 7.50. The van der Waals surface area contributed by atoms with Crippen molar-refractivity contribution in [3.8, 4) is 0 Å². The third-order valence-electron chi connectivity index (χ3n) is 1.66. The van der Waals surface area contributed by atoms with Crippen molar-refractivity contribution in [2.45, 2.75) is 5.21 Å². The van der Waals surface area contributed by atoms with Crippen LogP contribution in [0, 0.1) is 0 Å². The second-order valence-corrected chi connectivity index (χ2v) is 3.55. The molecule has 0 atom stereocenters. The molecule has 60 valence electrons. The third kappa shape index (κ3) is 1.26. The van der Waals surface area contributed by atoms with Crippen LogP contribution in [0.3, 0.4) is 0 Å². The van der Waals surface area contributed by atoms with E-state index in [0.717, 1.165) is 22.1 Å². The number of nitrogens with one attached hydrogen (secondary N) is 1. The minimum absolute atomic E-state index is 0.705. The first kappa shape index (κ1) is 8.15. The van der Waals surface area contributed by atoms with Crippen molar-refractivity contribution in [2.75, 3.05) is 0 Å². The number of halogens is 1. The molecule has 2 aromatic rings. The second kappa shape index (κ2) is 3.12. The summed E-state index contributed by atoms with van der Waals surface area (Å²) in [5.41, 5.74) is 1.86. The Morgan fingerprint density at radius 2 is 2.33 bits per heavy atom. The van der Waals surface area contributed by atoms with Crippen molar-refractivity contribution < 1.29 is 0 Å². The number of hydrogen-bond acceptors (Lipinski definition) is 1. The molecule has 12 heavy (non-hydrogen) atoms. The molecule has 0 amide bonds. The van der Waals surface area contributed by atoms with E-state index in [9.17, 15) is 0 Å². The molecule has 2 nitrogen and oxygen atoms in total. The summed E-state index contributed by atoms with van der Waals surface area (Å²) in [7, 11) is 0. The Hall–Kier alpha value is -0.462. The molecule has 1 heterocycles. The van der Waals surface area contributed by atoms with Crippen molar-refractivity contribution in [3.05, 3.63) is 29.0 Å². The first-order valence-electron chi connectivity index (χ1n) is 3.55. The van der Waals surface area contributed by atoms with Gasteiger partial charge >= 0.3 is 83.7 Å². The molecule has 1 N–H and O–H groups in total. The van der Waals surface area contributed by atoms with Crippen LogP contribution in [0.5, 0.6) is 0 Å². The molecule has 0 saturated heterocycles. The Labute approximate surface area is 83.8 Å². The summed E-state index contributed by atoms with van der Waals surface area (Å²) in [5.74, 6) is 0.957. The standard InChI is InChI=1S/C8H6AsClN2/c9-4-7-11-6-3-1-2-5(10)8(6)12-7/h1-3H,4H2,(H,11,12). The Balaban J connectivity index is 2.74. The first-order valence-corrected chi connectivity index (χ1v) is 5.25. The van der Waals surface area contributed by atoms with E-state index in [2.05, 4.69) is 26.8 Å². The molecular weight excluding hydrogens is 234 g/mol. The van der Waals surface area contributed by atoms with Crippen LogP contribution in [0.15, 0.2) is 18.2 Å². The zero-order chi connectivity index (χ0) is 8.55. The number of nitrogens with zero attached hydrogens (tertiary/aromatic N) is 1. The van der Waals surface area contributed by atoms with Gasteiger partial charge in [0.2, 0.25) is 0 Å². The van der Waals surface area contributed by atoms with E-state index in [1.54, 1.807) is 0 Å². The fourth-order valence-electron chi connectivity index (χ4n) is 1.12. The number of H-pyrrole nitrogens is 1. The van der Waals surface area contributed by atoms with Gasteiger partial charge in [-0.25, -0.2) is 0 Å². The molecule has 2 rings (SSSR count). The fourth-order valence-corrected chi connectivity index (χ4v) is 1.65. The molecule has 0 spiro atoms. The van der Waals surface area contributed by atoms with Crippen molar-refractivity contribution in [1.29, 1.82) is 0 Å². The zero-order valence-corrected chi connectivity index (χ0v) is 8.84. The van der Waals surface area contributed by atoms with Gasteiger partial charge in [-0.1, -0.05) is 0 Å². The maximum atomic E-state index is 5.94. The van der Waals surface area contributed by atoms with Crippen LogP contribution < -0.4 is 0 Å². The van der Waals surface area contributed by atoms with Crippen LogP contribution in [0.4, 0.5) is 0 Å². The topological polar surface area (TPSA) is 28.7 Å². The quantitative estimate of drug-likeness (QED) is 0.758. The summed E-state index contributed by atoms with van der Waals surface area (Å²) in [5, 5.41) is 1.55. The van der Waals surface area contributed by atoms with Gasteiger partial charge in [-0.2, -0.15) is 0 Å². The number of benzene rings is 1. The number of imidazole rings is 1. The third-order valence-corrected chi connectivity index (χ3v) is 2.60. The fraction of sp³-hybridized carbons (Fsp3) is 0.125. The predicted molar refractivity (Wildman–Crippen MR) is 50.6 cm³/mol. The van der Waals surface area contributed by atoms with Crippen LogP contribution in [-0.4, -0.2) is 26.8 Å².